The number of ether oxygens (including phenoxy) is 2. The van der Waals surface area contributed by atoms with Gasteiger partial charge in [-0.2, -0.15) is 0 Å². The van der Waals surface area contributed by atoms with Crippen LogP contribution in [0.1, 0.15) is 25.0 Å². The Labute approximate surface area is 169 Å². The van der Waals surface area contributed by atoms with Gasteiger partial charge in [0.15, 0.2) is 11.6 Å². The molecule has 28 heavy (non-hydrogen) atoms. The summed E-state index contributed by atoms with van der Waals surface area (Å²) < 4.78 is 25.1. The van der Waals surface area contributed by atoms with Crippen LogP contribution in [0.3, 0.4) is 0 Å². The van der Waals surface area contributed by atoms with E-state index in [-0.39, 0.29) is 31.5 Å². The van der Waals surface area contributed by atoms with Crippen LogP contribution in [0, 0.1) is 5.82 Å². The van der Waals surface area contributed by atoms with E-state index in [9.17, 15) is 14.6 Å². The Hall–Kier alpha value is -1.86. The molecule has 154 valence electrons. The van der Waals surface area contributed by atoms with Gasteiger partial charge < -0.3 is 24.8 Å². The lowest BCUT2D eigenvalue weighted by atomic mass is 9.78. The van der Waals surface area contributed by atoms with E-state index in [1.54, 1.807) is 24.3 Å². The van der Waals surface area contributed by atoms with Crippen molar-refractivity contribution in [1.82, 2.24) is 0 Å². The van der Waals surface area contributed by atoms with Gasteiger partial charge in [0.05, 0.1) is 12.5 Å². The Kier molecular flexibility index (Phi) is 8.07. The SMILES string of the molecule is CC(C)(c1ccc(OCC(O)CO)cc1)c1ccc(OCC(O)CCl)c(F)c1. The Morgan fingerprint density at radius 1 is 0.964 bits per heavy atom. The summed E-state index contributed by atoms with van der Waals surface area (Å²) in [6.07, 6.45) is -1.78. The van der Waals surface area contributed by atoms with Crippen molar-refractivity contribution in [2.45, 2.75) is 31.5 Å². The second kappa shape index (κ2) is 10.1. The van der Waals surface area contributed by atoms with Crippen LogP contribution in [0.15, 0.2) is 42.5 Å². The topological polar surface area (TPSA) is 79.2 Å². The highest BCUT2D eigenvalue weighted by Gasteiger charge is 2.24. The maximum absolute atomic E-state index is 14.4. The number of halogens is 2. The van der Waals surface area contributed by atoms with Gasteiger partial charge in [-0.3, -0.25) is 0 Å². The molecule has 0 aromatic heterocycles. The zero-order valence-corrected chi connectivity index (χ0v) is 16.7. The molecular weight excluding hydrogens is 387 g/mol. The first kappa shape index (κ1) is 22.4. The largest absolute Gasteiger partial charge is 0.491 e. The summed E-state index contributed by atoms with van der Waals surface area (Å²) in [5, 5.41) is 27.6. The summed E-state index contributed by atoms with van der Waals surface area (Å²) in [7, 11) is 0. The third-order valence-corrected chi connectivity index (χ3v) is 4.85. The summed E-state index contributed by atoms with van der Waals surface area (Å²) in [5.41, 5.74) is 1.24. The quantitative estimate of drug-likeness (QED) is 0.523. The van der Waals surface area contributed by atoms with Crippen molar-refractivity contribution < 1.29 is 29.2 Å². The fourth-order valence-electron chi connectivity index (χ4n) is 2.62. The molecule has 2 rings (SSSR count). The van der Waals surface area contributed by atoms with Gasteiger partial charge in [-0.15, -0.1) is 11.6 Å². The first-order chi connectivity index (χ1) is 13.3. The van der Waals surface area contributed by atoms with E-state index in [2.05, 4.69) is 0 Å². The van der Waals surface area contributed by atoms with Crippen molar-refractivity contribution in [2.75, 3.05) is 25.7 Å². The molecule has 0 radical (unpaired) electrons. The van der Waals surface area contributed by atoms with Crippen molar-refractivity contribution in [3.63, 3.8) is 0 Å². The molecule has 0 aliphatic heterocycles. The van der Waals surface area contributed by atoms with Crippen LogP contribution in [0.5, 0.6) is 11.5 Å². The molecule has 0 spiro atoms. The van der Waals surface area contributed by atoms with Gasteiger partial charge >= 0.3 is 0 Å². The average Bonchev–Trinajstić information content (AvgIpc) is 2.70. The van der Waals surface area contributed by atoms with Crippen molar-refractivity contribution in [3.05, 3.63) is 59.4 Å². The van der Waals surface area contributed by atoms with Gasteiger partial charge in [0, 0.05) is 5.41 Å². The van der Waals surface area contributed by atoms with Gasteiger partial charge in [-0.1, -0.05) is 32.0 Å². The lowest BCUT2D eigenvalue weighted by molar-refractivity contribution is 0.0536. The maximum atomic E-state index is 14.4. The molecular formula is C21H26ClFO5. The highest BCUT2D eigenvalue weighted by molar-refractivity contribution is 6.18. The number of benzene rings is 2. The molecule has 0 saturated carbocycles. The van der Waals surface area contributed by atoms with Gasteiger partial charge in [0.25, 0.3) is 0 Å². The zero-order valence-electron chi connectivity index (χ0n) is 15.9. The van der Waals surface area contributed by atoms with Crippen molar-refractivity contribution in [2.24, 2.45) is 0 Å². The molecule has 0 heterocycles. The van der Waals surface area contributed by atoms with Gasteiger partial charge in [0.2, 0.25) is 0 Å². The molecule has 7 heteroatoms. The molecule has 5 nitrogen and oxygen atoms in total. The second-order valence-electron chi connectivity index (χ2n) is 7.06. The van der Waals surface area contributed by atoms with E-state index >= 15 is 0 Å². The van der Waals surface area contributed by atoms with Gasteiger partial charge in [-0.05, 0) is 35.4 Å². The minimum absolute atomic E-state index is 0.00429. The average molecular weight is 413 g/mol. The fourth-order valence-corrected chi connectivity index (χ4v) is 2.71. The monoisotopic (exact) mass is 412 g/mol. The first-order valence-corrected chi connectivity index (χ1v) is 9.50. The van der Waals surface area contributed by atoms with Crippen LogP contribution >= 0.6 is 11.6 Å². The van der Waals surface area contributed by atoms with Gasteiger partial charge in [0.1, 0.15) is 31.2 Å². The maximum Gasteiger partial charge on any atom is 0.165 e. The van der Waals surface area contributed by atoms with Crippen molar-refractivity contribution in [1.29, 1.82) is 0 Å². The molecule has 0 bridgehead atoms. The van der Waals surface area contributed by atoms with E-state index in [1.165, 1.54) is 6.07 Å². The summed E-state index contributed by atoms with van der Waals surface area (Å²) in [5.74, 6) is 0.144. The molecule has 2 unspecified atom stereocenters. The Bertz CT molecular complexity index is 751. The number of rotatable bonds is 10. The Balaban J connectivity index is 2.11. The smallest absolute Gasteiger partial charge is 0.165 e. The minimum Gasteiger partial charge on any atom is -0.491 e. The Morgan fingerprint density at radius 2 is 1.57 bits per heavy atom. The van der Waals surface area contributed by atoms with Crippen LogP contribution in [-0.4, -0.2) is 53.2 Å². The molecule has 0 fully saturated rings. The van der Waals surface area contributed by atoms with E-state index in [0.29, 0.717) is 5.75 Å². The standard InChI is InChI=1S/C21H26ClFO5/c1-21(2,14-3-6-18(7-4-14)27-13-17(26)11-24)15-5-8-20(19(23)9-15)28-12-16(25)10-22/h3-9,16-17,24-26H,10-13H2,1-2H3. The number of hydrogen-bond donors (Lipinski definition) is 3. The van der Waals surface area contributed by atoms with Crippen LogP contribution in [0.2, 0.25) is 0 Å². The van der Waals surface area contributed by atoms with Crippen LogP contribution in [0.4, 0.5) is 4.39 Å². The zero-order chi connectivity index (χ0) is 20.7. The minimum atomic E-state index is -0.926. The van der Waals surface area contributed by atoms with Crippen LogP contribution in [-0.2, 0) is 5.41 Å². The first-order valence-electron chi connectivity index (χ1n) is 8.97. The summed E-state index contributed by atoms with van der Waals surface area (Å²) in [6.45, 7) is 3.52. The highest BCUT2D eigenvalue weighted by atomic mass is 35.5. The fraction of sp³-hybridized carbons (Fsp3) is 0.429. The Morgan fingerprint density at radius 3 is 2.14 bits per heavy atom. The lowest BCUT2D eigenvalue weighted by Crippen LogP contribution is -2.22. The lowest BCUT2D eigenvalue weighted by Gasteiger charge is -2.27. The second-order valence-corrected chi connectivity index (χ2v) is 7.37. The summed E-state index contributed by atoms with van der Waals surface area (Å²) in [4.78, 5) is 0. The third-order valence-electron chi connectivity index (χ3n) is 4.49. The summed E-state index contributed by atoms with van der Waals surface area (Å²) in [6, 6.07) is 12.0. The predicted octanol–water partition coefficient (Wildman–Crippen LogP) is 2.86. The van der Waals surface area contributed by atoms with E-state index in [4.69, 9.17) is 26.2 Å². The normalized spacial score (nSPS) is 13.8. The van der Waals surface area contributed by atoms with Crippen LogP contribution < -0.4 is 9.47 Å². The molecule has 0 saturated heterocycles. The number of aliphatic hydroxyl groups excluding tert-OH is 3. The van der Waals surface area contributed by atoms with Crippen molar-refractivity contribution in [3.8, 4) is 11.5 Å². The van der Waals surface area contributed by atoms with Crippen molar-refractivity contribution >= 4 is 11.6 Å². The molecule has 2 aromatic rings. The molecule has 0 aliphatic rings. The molecule has 2 aromatic carbocycles. The molecule has 0 amide bonds. The predicted molar refractivity (Wildman–Crippen MR) is 106 cm³/mol. The number of aliphatic hydroxyl groups is 3. The van der Waals surface area contributed by atoms with Crippen LogP contribution in [0.25, 0.3) is 0 Å². The van der Waals surface area contributed by atoms with E-state index in [1.807, 2.05) is 26.0 Å². The van der Waals surface area contributed by atoms with E-state index < -0.39 is 23.4 Å². The summed E-state index contributed by atoms with van der Waals surface area (Å²) >= 11 is 5.51. The number of alkyl halides is 1. The molecule has 3 N–H and O–H groups in total. The highest BCUT2D eigenvalue weighted by Crippen LogP contribution is 2.34. The molecule has 2 atom stereocenters. The van der Waals surface area contributed by atoms with Gasteiger partial charge in [-0.25, -0.2) is 4.39 Å². The van der Waals surface area contributed by atoms with E-state index in [0.717, 1.165) is 11.1 Å². The molecule has 0 aliphatic carbocycles. The number of hydrogen-bond acceptors (Lipinski definition) is 5. The third kappa shape index (κ3) is 5.82.